The van der Waals surface area contributed by atoms with Crippen LogP contribution in [0.5, 0.6) is 0 Å². The first-order valence-electron chi connectivity index (χ1n) is 10.5. The summed E-state index contributed by atoms with van der Waals surface area (Å²) in [7, 11) is 0. The average Bonchev–Trinajstić information content (AvgIpc) is 2.99. The van der Waals surface area contributed by atoms with Crippen molar-refractivity contribution in [3.63, 3.8) is 0 Å². The van der Waals surface area contributed by atoms with Crippen molar-refractivity contribution in [3.8, 4) is 0 Å². The molecule has 0 unspecified atom stereocenters. The van der Waals surface area contributed by atoms with Crippen LogP contribution in [-0.2, 0) is 19.1 Å². The molecule has 0 bridgehead atoms. The van der Waals surface area contributed by atoms with E-state index < -0.39 is 29.8 Å². The fraction of sp³-hybridized carbons (Fsp3) is 0.762. The summed E-state index contributed by atoms with van der Waals surface area (Å²) in [5.74, 6) is -2.59. The third kappa shape index (κ3) is 4.24. The predicted octanol–water partition coefficient (Wildman–Crippen LogP) is 1.50. The highest BCUT2D eigenvalue weighted by Gasteiger charge is 2.58. The van der Waals surface area contributed by atoms with Crippen molar-refractivity contribution in [2.24, 2.45) is 23.7 Å². The second kappa shape index (κ2) is 10.0. The zero-order chi connectivity index (χ0) is 20.8. The van der Waals surface area contributed by atoms with Crippen molar-refractivity contribution in [2.75, 3.05) is 19.8 Å². The molecular formula is C21H34N2O5. The second-order valence-electron chi connectivity index (χ2n) is 7.70. The van der Waals surface area contributed by atoms with E-state index in [2.05, 4.69) is 5.32 Å². The number of fused-ring (bicyclic) bond motifs is 1. The minimum absolute atomic E-state index is 0.0996. The van der Waals surface area contributed by atoms with Gasteiger partial charge >= 0.3 is 5.97 Å². The standard InChI is InChI=1S/C21H34N2O5/c1-5-8-11-22-19(25)18-15-10-9-14(6-2)16(21(27)28-7-3)17(15)20(26)23(18)13(4)12-24/h9-10,13-18,24H,5-8,11-12H2,1-4H3,(H,22,25)/t13-,14-,15+,16-,17-,18+/m1/s1. The Kier molecular flexibility index (Phi) is 8.04. The Morgan fingerprint density at radius 1 is 1.29 bits per heavy atom. The summed E-state index contributed by atoms with van der Waals surface area (Å²) in [6.45, 7) is 8.04. The van der Waals surface area contributed by atoms with E-state index in [0.29, 0.717) is 13.0 Å². The molecule has 1 aliphatic carbocycles. The zero-order valence-electron chi connectivity index (χ0n) is 17.4. The Hall–Kier alpha value is -1.89. The molecule has 0 aromatic carbocycles. The summed E-state index contributed by atoms with van der Waals surface area (Å²) in [6, 6.07) is -1.22. The van der Waals surface area contributed by atoms with E-state index in [4.69, 9.17) is 4.74 Å². The lowest BCUT2D eigenvalue weighted by atomic mass is 9.69. The number of rotatable bonds is 9. The van der Waals surface area contributed by atoms with E-state index in [9.17, 15) is 19.5 Å². The fourth-order valence-corrected chi connectivity index (χ4v) is 4.45. The number of nitrogens with zero attached hydrogens (tertiary/aromatic N) is 1. The van der Waals surface area contributed by atoms with E-state index in [0.717, 1.165) is 12.8 Å². The van der Waals surface area contributed by atoms with Gasteiger partial charge in [0.1, 0.15) is 6.04 Å². The molecule has 2 amide bonds. The molecule has 2 N–H and O–H groups in total. The number of hydrogen-bond acceptors (Lipinski definition) is 5. The van der Waals surface area contributed by atoms with E-state index in [1.54, 1.807) is 13.8 Å². The number of carbonyl (C=O) groups excluding carboxylic acids is 3. The Bertz CT molecular complexity index is 606. The maximum atomic E-state index is 13.4. The first-order chi connectivity index (χ1) is 13.4. The van der Waals surface area contributed by atoms with Gasteiger partial charge in [-0.1, -0.05) is 32.4 Å². The Morgan fingerprint density at radius 2 is 2.00 bits per heavy atom. The Labute approximate surface area is 167 Å². The normalized spacial score (nSPS) is 30.1. The number of esters is 1. The molecule has 0 saturated carbocycles. The molecule has 1 fully saturated rings. The summed E-state index contributed by atoms with van der Waals surface area (Å²) in [5, 5.41) is 12.6. The van der Waals surface area contributed by atoms with E-state index in [-0.39, 0.29) is 36.9 Å². The molecule has 158 valence electrons. The summed E-state index contributed by atoms with van der Waals surface area (Å²) in [6.07, 6.45) is 6.39. The minimum atomic E-state index is -0.720. The highest BCUT2D eigenvalue weighted by molar-refractivity contribution is 5.96. The number of ether oxygens (including phenoxy) is 1. The van der Waals surface area contributed by atoms with Crippen LogP contribution >= 0.6 is 0 Å². The van der Waals surface area contributed by atoms with Crippen LogP contribution in [0.4, 0.5) is 0 Å². The number of amides is 2. The molecule has 0 spiro atoms. The van der Waals surface area contributed by atoms with Gasteiger partial charge in [0.05, 0.1) is 31.1 Å². The van der Waals surface area contributed by atoms with E-state index in [1.165, 1.54) is 4.90 Å². The molecule has 2 aliphatic rings. The highest BCUT2D eigenvalue weighted by Crippen LogP contribution is 2.45. The number of aliphatic hydroxyl groups is 1. The summed E-state index contributed by atoms with van der Waals surface area (Å²) < 4.78 is 5.27. The molecule has 7 heteroatoms. The van der Waals surface area contributed by atoms with Crippen molar-refractivity contribution in [3.05, 3.63) is 12.2 Å². The third-order valence-electron chi connectivity index (χ3n) is 5.91. The van der Waals surface area contributed by atoms with Crippen LogP contribution in [0.3, 0.4) is 0 Å². The van der Waals surface area contributed by atoms with Gasteiger partial charge in [-0.3, -0.25) is 14.4 Å². The molecule has 1 heterocycles. The largest absolute Gasteiger partial charge is 0.466 e. The lowest BCUT2D eigenvalue weighted by Gasteiger charge is -2.33. The van der Waals surface area contributed by atoms with E-state index in [1.807, 2.05) is 26.0 Å². The average molecular weight is 395 g/mol. The van der Waals surface area contributed by atoms with Crippen molar-refractivity contribution in [2.45, 2.75) is 59.0 Å². The number of allylic oxidation sites excluding steroid dienone is 1. The van der Waals surface area contributed by atoms with Crippen LogP contribution in [0.1, 0.15) is 47.0 Å². The molecule has 0 radical (unpaired) electrons. The minimum Gasteiger partial charge on any atom is -0.466 e. The van der Waals surface area contributed by atoms with Gasteiger partial charge in [0.2, 0.25) is 11.8 Å². The molecule has 6 atom stereocenters. The second-order valence-corrected chi connectivity index (χ2v) is 7.70. The van der Waals surface area contributed by atoms with Crippen LogP contribution < -0.4 is 5.32 Å². The lowest BCUT2D eigenvalue weighted by molar-refractivity contribution is -0.156. The topological polar surface area (TPSA) is 95.9 Å². The number of carbonyl (C=O) groups is 3. The van der Waals surface area contributed by atoms with E-state index >= 15 is 0 Å². The summed E-state index contributed by atoms with van der Waals surface area (Å²) >= 11 is 0. The van der Waals surface area contributed by atoms with Crippen LogP contribution in [-0.4, -0.2) is 59.6 Å². The first kappa shape index (κ1) is 22.4. The molecule has 1 saturated heterocycles. The quantitative estimate of drug-likeness (QED) is 0.351. The third-order valence-corrected chi connectivity index (χ3v) is 5.91. The van der Waals surface area contributed by atoms with Gasteiger partial charge in [0, 0.05) is 12.5 Å². The number of likely N-dealkylation sites (tertiary alicyclic amines) is 1. The smallest absolute Gasteiger partial charge is 0.310 e. The summed E-state index contributed by atoms with van der Waals surface area (Å²) in [4.78, 5) is 40.5. The van der Waals surface area contributed by atoms with Crippen LogP contribution in [0.25, 0.3) is 0 Å². The lowest BCUT2D eigenvalue weighted by Crippen LogP contribution is -2.51. The SMILES string of the molecule is CCCCNC(=O)[C@@H]1[C@H]2C=C[C@@H](CC)[C@@H](C(=O)OCC)[C@@H]2C(=O)N1[C@H](C)CO. The summed E-state index contributed by atoms with van der Waals surface area (Å²) in [5.41, 5.74) is 0. The maximum Gasteiger partial charge on any atom is 0.310 e. The van der Waals surface area contributed by atoms with Gasteiger partial charge in [-0.05, 0) is 32.6 Å². The Balaban J connectivity index is 2.41. The van der Waals surface area contributed by atoms with Crippen molar-refractivity contribution in [1.82, 2.24) is 10.2 Å². The van der Waals surface area contributed by atoms with Crippen LogP contribution in [0.15, 0.2) is 12.2 Å². The molecule has 0 aromatic rings. The zero-order valence-corrected chi connectivity index (χ0v) is 17.4. The van der Waals surface area contributed by atoms with Crippen molar-refractivity contribution >= 4 is 17.8 Å². The number of hydrogen-bond donors (Lipinski definition) is 2. The van der Waals surface area contributed by atoms with Crippen LogP contribution in [0, 0.1) is 23.7 Å². The number of unbranched alkanes of at least 4 members (excludes halogenated alkanes) is 1. The molecular weight excluding hydrogens is 360 g/mol. The molecule has 1 aliphatic heterocycles. The van der Waals surface area contributed by atoms with Crippen LogP contribution in [0.2, 0.25) is 0 Å². The maximum absolute atomic E-state index is 13.4. The van der Waals surface area contributed by atoms with Gasteiger partial charge in [0.15, 0.2) is 0 Å². The monoisotopic (exact) mass is 394 g/mol. The van der Waals surface area contributed by atoms with Gasteiger partial charge in [-0.15, -0.1) is 0 Å². The van der Waals surface area contributed by atoms with Gasteiger partial charge in [-0.25, -0.2) is 0 Å². The van der Waals surface area contributed by atoms with Gasteiger partial charge in [-0.2, -0.15) is 0 Å². The van der Waals surface area contributed by atoms with Crippen molar-refractivity contribution < 1.29 is 24.2 Å². The predicted molar refractivity (Wildman–Crippen MR) is 105 cm³/mol. The Morgan fingerprint density at radius 3 is 2.57 bits per heavy atom. The first-order valence-corrected chi connectivity index (χ1v) is 10.5. The molecule has 2 rings (SSSR count). The molecule has 7 nitrogen and oxygen atoms in total. The van der Waals surface area contributed by atoms with Crippen molar-refractivity contribution in [1.29, 1.82) is 0 Å². The number of nitrogens with one attached hydrogen (secondary N) is 1. The fourth-order valence-electron chi connectivity index (χ4n) is 4.45. The highest BCUT2D eigenvalue weighted by atomic mass is 16.5. The van der Waals surface area contributed by atoms with Gasteiger partial charge < -0.3 is 20.1 Å². The number of aliphatic hydroxyl groups excluding tert-OH is 1. The molecule has 28 heavy (non-hydrogen) atoms. The molecule has 0 aromatic heterocycles. The van der Waals surface area contributed by atoms with Gasteiger partial charge in [0.25, 0.3) is 0 Å².